The minimum absolute atomic E-state index is 0.403. The molecule has 1 aliphatic rings. The Labute approximate surface area is 115 Å². The highest BCUT2D eigenvalue weighted by atomic mass is 32.2. The van der Waals surface area contributed by atoms with Crippen LogP contribution in [0.1, 0.15) is 18.4 Å². The SMILES string of the molecule is CS(=O)(=O)N1CCCC(CNCc2cccnc2)C1. The Hall–Kier alpha value is -0.980. The van der Waals surface area contributed by atoms with Crippen LogP contribution in [0.5, 0.6) is 0 Å². The molecule has 0 saturated carbocycles. The van der Waals surface area contributed by atoms with Crippen LogP contribution < -0.4 is 5.32 Å². The second-order valence-corrected chi connectivity index (χ2v) is 7.10. The van der Waals surface area contributed by atoms with Crippen molar-refractivity contribution in [1.29, 1.82) is 0 Å². The van der Waals surface area contributed by atoms with Gasteiger partial charge in [-0.3, -0.25) is 4.98 Å². The molecule has 1 saturated heterocycles. The Balaban J connectivity index is 1.77. The van der Waals surface area contributed by atoms with Crippen LogP contribution in [0.3, 0.4) is 0 Å². The normalized spacial score (nSPS) is 21.4. The van der Waals surface area contributed by atoms with Crippen LogP contribution in [-0.4, -0.2) is 43.6 Å². The lowest BCUT2D eigenvalue weighted by atomic mass is 10.00. The van der Waals surface area contributed by atoms with E-state index in [0.29, 0.717) is 19.0 Å². The first kappa shape index (κ1) is 14.4. The van der Waals surface area contributed by atoms with Gasteiger partial charge >= 0.3 is 0 Å². The van der Waals surface area contributed by atoms with Gasteiger partial charge in [0.1, 0.15) is 0 Å². The molecule has 0 amide bonds. The first-order valence-electron chi connectivity index (χ1n) is 6.60. The van der Waals surface area contributed by atoms with Crippen LogP contribution in [0, 0.1) is 5.92 Å². The van der Waals surface area contributed by atoms with Crippen LogP contribution in [0.2, 0.25) is 0 Å². The number of aromatic nitrogens is 1. The van der Waals surface area contributed by atoms with Crippen LogP contribution in [0.25, 0.3) is 0 Å². The number of hydrogen-bond donors (Lipinski definition) is 1. The average molecular weight is 283 g/mol. The summed E-state index contributed by atoms with van der Waals surface area (Å²) in [5, 5.41) is 3.38. The van der Waals surface area contributed by atoms with Crippen molar-refractivity contribution < 1.29 is 8.42 Å². The zero-order valence-electron chi connectivity index (χ0n) is 11.2. The molecule has 19 heavy (non-hydrogen) atoms. The highest BCUT2D eigenvalue weighted by Crippen LogP contribution is 2.17. The number of hydrogen-bond acceptors (Lipinski definition) is 4. The lowest BCUT2D eigenvalue weighted by Crippen LogP contribution is -2.42. The number of rotatable bonds is 5. The van der Waals surface area contributed by atoms with Gasteiger partial charge in [-0.15, -0.1) is 0 Å². The average Bonchev–Trinajstić information content (AvgIpc) is 2.39. The predicted molar refractivity (Wildman–Crippen MR) is 75.1 cm³/mol. The van der Waals surface area contributed by atoms with Crippen LogP contribution in [-0.2, 0) is 16.6 Å². The summed E-state index contributed by atoms with van der Waals surface area (Å²) in [7, 11) is -3.04. The van der Waals surface area contributed by atoms with E-state index in [4.69, 9.17) is 0 Å². The van der Waals surface area contributed by atoms with Crippen molar-refractivity contribution >= 4 is 10.0 Å². The molecule has 1 atom stereocenters. The molecule has 1 fully saturated rings. The maximum Gasteiger partial charge on any atom is 0.211 e. The monoisotopic (exact) mass is 283 g/mol. The van der Waals surface area contributed by atoms with E-state index < -0.39 is 10.0 Å². The molecule has 0 aromatic carbocycles. The zero-order chi connectivity index (χ0) is 13.7. The Morgan fingerprint density at radius 1 is 1.53 bits per heavy atom. The van der Waals surface area contributed by atoms with E-state index in [-0.39, 0.29) is 0 Å². The summed E-state index contributed by atoms with van der Waals surface area (Å²) in [4.78, 5) is 4.07. The highest BCUT2D eigenvalue weighted by molar-refractivity contribution is 7.88. The van der Waals surface area contributed by atoms with E-state index in [1.54, 1.807) is 10.5 Å². The molecule has 1 unspecified atom stereocenters. The molecule has 0 bridgehead atoms. The minimum atomic E-state index is -3.04. The van der Waals surface area contributed by atoms with Gasteiger partial charge in [-0.1, -0.05) is 6.07 Å². The smallest absolute Gasteiger partial charge is 0.211 e. The van der Waals surface area contributed by atoms with E-state index in [2.05, 4.69) is 10.3 Å². The van der Waals surface area contributed by atoms with Crippen molar-refractivity contribution in [1.82, 2.24) is 14.6 Å². The fraction of sp³-hybridized carbons (Fsp3) is 0.615. The van der Waals surface area contributed by atoms with Crippen LogP contribution in [0.15, 0.2) is 24.5 Å². The summed E-state index contributed by atoms with van der Waals surface area (Å²) >= 11 is 0. The van der Waals surface area contributed by atoms with Gasteiger partial charge in [0.05, 0.1) is 6.26 Å². The molecule has 2 rings (SSSR count). The molecule has 1 N–H and O–H groups in total. The summed E-state index contributed by atoms with van der Waals surface area (Å²) < 4.78 is 24.6. The molecule has 1 aromatic heterocycles. The highest BCUT2D eigenvalue weighted by Gasteiger charge is 2.25. The lowest BCUT2D eigenvalue weighted by molar-refractivity contribution is 0.261. The minimum Gasteiger partial charge on any atom is -0.312 e. The van der Waals surface area contributed by atoms with E-state index in [0.717, 1.165) is 31.5 Å². The van der Waals surface area contributed by atoms with Gasteiger partial charge in [-0.05, 0) is 36.9 Å². The largest absolute Gasteiger partial charge is 0.312 e. The standard InChI is InChI=1S/C13H21N3O2S/c1-19(17,18)16-7-3-5-13(11-16)10-15-9-12-4-2-6-14-8-12/h2,4,6,8,13,15H,3,5,7,9-11H2,1H3. The first-order valence-corrected chi connectivity index (χ1v) is 8.45. The van der Waals surface area contributed by atoms with E-state index in [1.807, 2.05) is 18.3 Å². The third-order valence-corrected chi connectivity index (χ3v) is 4.71. The van der Waals surface area contributed by atoms with E-state index in [1.165, 1.54) is 6.26 Å². The summed E-state index contributed by atoms with van der Waals surface area (Å²) in [5.41, 5.74) is 1.15. The molecule has 0 spiro atoms. The number of pyridine rings is 1. The number of piperidine rings is 1. The van der Waals surface area contributed by atoms with Gasteiger partial charge in [0.2, 0.25) is 10.0 Å². The third kappa shape index (κ3) is 4.56. The van der Waals surface area contributed by atoms with Gasteiger partial charge in [-0.2, -0.15) is 0 Å². The predicted octanol–water partition coefficient (Wildman–Crippen LogP) is 0.843. The van der Waals surface area contributed by atoms with Crippen molar-refractivity contribution in [3.8, 4) is 0 Å². The second-order valence-electron chi connectivity index (χ2n) is 5.12. The number of nitrogens with zero attached hydrogens (tertiary/aromatic N) is 2. The second kappa shape index (κ2) is 6.45. The Morgan fingerprint density at radius 2 is 2.37 bits per heavy atom. The molecule has 1 aliphatic heterocycles. The Kier molecular flexibility index (Phi) is 4.90. The van der Waals surface area contributed by atoms with Gasteiger partial charge in [0.15, 0.2) is 0 Å². The molecule has 2 heterocycles. The van der Waals surface area contributed by atoms with Crippen molar-refractivity contribution in [3.05, 3.63) is 30.1 Å². The van der Waals surface area contributed by atoms with Crippen molar-refractivity contribution in [3.63, 3.8) is 0 Å². The summed E-state index contributed by atoms with van der Waals surface area (Å²) in [5.74, 6) is 0.403. The Bertz CT molecular complexity index is 490. The van der Waals surface area contributed by atoms with Crippen molar-refractivity contribution in [2.24, 2.45) is 5.92 Å². The Morgan fingerprint density at radius 3 is 3.05 bits per heavy atom. The molecule has 106 valence electrons. The molecule has 0 radical (unpaired) electrons. The molecule has 1 aromatic rings. The fourth-order valence-corrected chi connectivity index (χ4v) is 3.36. The van der Waals surface area contributed by atoms with Gasteiger partial charge in [0.25, 0.3) is 0 Å². The fourth-order valence-electron chi connectivity index (χ4n) is 2.42. The number of nitrogens with one attached hydrogen (secondary N) is 1. The molecule has 6 heteroatoms. The maximum atomic E-state index is 11.5. The number of sulfonamides is 1. The topological polar surface area (TPSA) is 62.3 Å². The zero-order valence-corrected chi connectivity index (χ0v) is 12.1. The molecular formula is C13H21N3O2S. The maximum absolute atomic E-state index is 11.5. The summed E-state index contributed by atoms with van der Waals surface area (Å²) in [6.07, 6.45) is 6.93. The van der Waals surface area contributed by atoms with Crippen molar-refractivity contribution in [2.45, 2.75) is 19.4 Å². The van der Waals surface area contributed by atoms with Crippen molar-refractivity contribution in [2.75, 3.05) is 25.9 Å². The van der Waals surface area contributed by atoms with Crippen LogP contribution in [0.4, 0.5) is 0 Å². The third-order valence-electron chi connectivity index (χ3n) is 3.44. The van der Waals surface area contributed by atoms with Gasteiger partial charge in [0, 0.05) is 32.0 Å². The van der Waals surface area contributed by atoms with E-state index in [9.17, 15) is 8.42 Å². The molecular weight excluding hydrogens is 262 g/mol. The van der Waals surface area contributed by atoms with Gasteiger partial charge < -0.3 is 5.32 Å². The molecule has 5 nitrogen and oxygen atoms in total. The quantitative estimate of drug-likeness (QED) is 0.870. The summed E-state index contributed by atoms with van der Waals surface area (Å²) in [6, 6.07) is 3.95. The first-order chi connectivity index (χ1) is 9.05. The summed E-state index contributed by atoms with van der Waals surface area (Å²) in [6.45, 7) is 2.93. The van der Waals surface area contributed by atoms with Gasteiger partial charge in [-0.25, -0.2) is 12.7 Å². The van der Waals surface area contributed by atoms with Crippen LogP contribution >= 0.6 is 0 Å². The lowest BCUT2D eigenvalue weighted by Gasteiger charge is -2.31. The van der Waals surface area contributed by atoms with E-state index >= 15 is 0 Å². The molecule has 0 aliphatic carbocycles.